The zero-order chi connectivity index (χ0) is 22.7. The molecule has 4 aromatic rings. The second-order valence-corrected chi connectivity index (χ2v) is 7.19. The normalized spacial score (nSPS) is 11.4. The van der Waals surface area contributed by atoms with Crippen molar-refractivity contribution in [2.45, 2.75) is 19.1 Å². The van der Waals surface area contributed by atoms with Gasteiger partial charge in [-0.05, 0) is 36.2 Å². The molecule has 3 heterocycles. The smallest absolute Gasteiger partial charge is 0.384 e. The second kappa shape index (κ2) is 8.59. The number of nitrogens with zero attached hydrogens (tertiary/aromatic N) is 3. The molecular weight excluding hydrogens is 419 g/mol. The van der Waals surface area contributed by atoms with Crippen LogP contribution in [0.4, 0.5) is 18.9 Å². The Kier molecular flexibility index (Phi) is 5.69. The molecule has 0 fully saturated rings. The van der Waals surface area contributed by atoms with Crippen molar-refractivity contribution in [3.05, 3.63) is 82.4 Å². The van der Waals surface area contributed by atoms with Gasteiger partial charge >= 0.3 is 6.18 Å². The third-order valence-corrected chi connectivity index (χ3v) is 5.07. The molecule has 0 atom stereocenters. The van der Waals surface area contributed by atoms with E-state index in [0.29, 0.717) is 35.3 Å². The number of H-pyrrole nitrogens is 1. The zero-order valence-corrected chi connectivity index (χ0v) is 16.8. The molecule has 4 rings (SSSR count). The van der Waals surface area contributed by atoms with Crippen LogP contribution in [0.1, 0.15) is 17.5 Å². The van der Waals surface area contributed by atoms with Crippen molar-refractivity contribution >= 4 is 16.7 Å². The number of fused-ring (bicyclic) bond motifs is 1. The van der Waals surface area contributed by atoms with Crippen molar-refractivity contribution in [2.75, 3.05) is 11.9 Å². The standard InChI is InChI=1S/C23H18F3N5O/c24-23(25,26)18-14-29-22-17(12-19(30-22)16-7-5-15(13-27)6-8-16)21(18)28-9-3-11-31-10-2-1-4-20(31)32/h1-2,4-8,10,12,14H,3,9,11H2,(H2,28,29,30). The number of nitrogens with one attached hydrogen (secondary N) is 2. The molecule has 9 heteroatoms. The summed E-state index contributed by atoms with van der Waals surface area (Å²) in [7, 11) is 0. The molecule has 0 aliphatic carbocycles. The number of hydrogen-bond donors (Lipinski definition) is 2. The third kappa shape index (κ3) is 4.34. The number of halogens is 3. The average Bonchev–Trinajstić information content (AvgIpc) is 3.22. The van der Waals surface area contributed by atoms with E-state index in [4.69, 9.17) is 5.26 Å². The van der Waals surface area contributed by atoms with Crippen LogP contribution in [0, 0.1) is 11.3 Å². The Morgan fingerprint density at radius 3 is 2.62 bits per heavy atom. The highest BCUT2D eigenvalue weighted by Gasteiger charge is 2.35. The van der Waals surface area contributed by atoms with Crippen LogP contribution in [0.25, 0.3) is 22.3 Å². The van der Waals surface area contributed by atoms with E-state index in [0.717, 1.165) is 11.8 Å². The summed E-state index contributed by atoms with van der Waals surface area (Å²) in [5.74, 6) is 0. The van der Waals surface area contributed by atoms with Gasteiger partial charge in [0.05, 0.1) is 22.9 Å². The van der Waals surface area contributed by atoms with Crippen LogP contribution in [-0.4, -0.2) is 21.1 Å². The van der Waals surface area contributed by atoms with Gasteiger partial charge in [-0.15, -0.1) is 0 Å². The number of benzene rings is 1. The number of aromatic nitrogens is 3. The molecule has 0 bridgehead atoms. The summed E-state index contributed by atoms with van der Waals surface area (Å²) < 4.78 is 42.5. The maximum Gasteiger partial charge on any atom is 0.419 e. The maximum absolute atomic E-state index is 13.7. The molecule has 162 valence electrons. The summed E-state index contributed by atoms with van der Waals surface area (Å²) in [4.78, 5) is 18.8. The monoisotopic (exact) mass is 437 g/mol. The first-order valence-electron chi connectivity index (χ1n) is 9.85. The molecule has 0 spiro atoms. The molecule has 0 aliphatic rings. The van der Waals surface area contributed by atoms with Crippen molar-refractivity contribution in [3.8, 4) is 17.3 Å². The molecule has 0 saturated carbocycles. The fourth-order valence-electron chi connectivity index (χ4n) is 3.47. The largest absolute Gasteiger partial charge is 0.419 e. The molecule has 6 nitrogen and oxygen atoms in total. The third-order valence-electron chi connectivity index (χ3n) is 5.07. The van der Waals surface area contributed by atoms with E-state index >= 15 is 0 Å². The number of hydrogen-bond acceptors (Lipinski definition) is 4. The van der Waals surface area contributed by atoms with Crippen molar-refractivity contribution in [1.29, 1.82) is 5.26 Å². The summed E-state index contributed by atoms with van der Waals surface area (Å²) in [6, 6.07) is 15.2. The van der Waals surface area contributed by atoms with Gasteiger partial charge in [-0.2, -0.15) is 18.4 Å². The van der Waals surface area contributed by atoms with Crippen molar-refractivity contribution in [3.63, 3.8) is 0 Å². The Hall–Kier alpha value is -4.06. The molecule has 1 aromatic carbocycles. The predicted octanol–water partition coefficient (Wildman–Crippen LogP) is 4.78. The van der Waals surface area contributed by atoms with Gasteiger partial charge in [0.15, 0.2) is 0 Å². The number of anilines is 1. The minimum absolute atomic E-state index is 0.0564. The molecule has 32 heavy (non-hydrogen) atoms. The van der Waals surface area contributed by atoms with E-state index in [9.17, 15) is 18.0 Å². The van der Waals surface area contributed by atoms with Gasteiger partial charge in [0.25, 0.3) is 0 Å². The fourth-order valence-corrected chi connectivity index (χ4v) is 3.47. The van der Waals surface area contributed by atoms with Crippen molar-refractivity contribution in [1.82, 2.24) is 14.5 Å². The Morgan fingerprint density at radius 2 is 1.94 bits per heavy atom. The van der Waals surface area contributed by atoms with E-state index in [2.05, 4.69) is 15.3 Å². The minimum Gasteiger partial charge on any atom is -0.384 e. The van der Waals surface area contributed by atoms with Crippen LogP contribution in [0.2, 0.25) is 0 Å². The van der Waals surface area contributed by atoms with Gasteiger partial charge in [0.1, 0.15) is 5.65 Å². The second-order valence-electron chi connectivity index (χ2n) is 7.19. The van der Waals surface area contributed by atoms with Gasteiger partial charge in [-0.3, -0.25) is 4.79 Å². The van der Waals surface area contributed by atoms with Gasteiger partial charge in [-0.1, -0.05) is 18.2 Å². The number of aryl methyl sites for hydroxylation is 1. The highest BCUT2D eigenvalue weighted by Crippen LogP contribution is 2.39. The highest BCUT2D eigenvalue weighted by atomic mass is 19.4. The number of nitriles is 1. The predicted molar refractivity (Wildman–Crippen MR) is 115 cm³/mol. The molecular formula is C23H18F3N5O. The minimum atomic E-state index is -4.58. The van der Waals surface area contributed by atoms with Crippen LogP contribution >= 0.6 is 0 Å². The number of alkyl halides is 3. The van der Waals surface area contributed by atoms with Crippen LogP contribution < -0.4 is 10.9 Å². The summed E-state index contributed by atoms with van der Waals surface area (Å²) in [5.41, 5.74) is 1.06. The maximum atomic E-state index is 13.7. The molecule has 0 unspecified atom stereocenters. The van der Waals surface area contributed by atoms with E-state index < -0.39 is 11.7 Å². The summed E-state index contributed by atoms with van der Waals surface area (Å²) in [6.45, 7) is 0.618. The molecule has 0 radical (unpaired) electrons. The molecule has 3 aromatic heterocycles. The summed E-state index contributed by atoms with van der Waals surface area (Å²) in [5, 5.41) is 12.2. The van der Waals surface area contributed by atoms with Crippen LogP contribution in [0.3, 0.4) is 0 Å². The van der Waals surface area contributed by atoms with Crippen LogP contribution in [0.15, 0.2) is 65.7 Å². The lowest BCUT2D eigenvalue weighted by Crippen LogP contribution is -2.19. The molecule has 2 N–H and O–H groups in total. The number of aromatic amines is 1. The fraction of sp³-hybridized carbons (Fsp3) is 0.174. The van der Waals surface area contributed by atoms with Crippen LogP contribution in [0.5, 0.6) is 0 Å². The first-order valence-corrected chi connectivity index (χ1v) is 9.85. The van der Waals surface area contributed by atoms with E-state index in [1.807, 2.05) is 6.07 Å². The van der Waals surface area contributed by atoms with Crippen LogP contribution in [-0.2, 0) is 12.7 Å². The average molecular weight is 437 g/mol. The molecule has 0 saturated heterocycles. The SMILES string of the molecule is N#Cc1ccc(-c2cc3c(NCCCn4ccccc4=O)c(C(F)(F)F)cnc3[nH]2)cc1. The quantitative estimate of drug-likeness (QED) is 0.425. The van der Waals surface area contributed by atoms with Gasteiger partial charge in [0, 0.05) is 42.6 Å². The zero-order valence-electron chi connectivity index (χ0n) is 16.8. The van der Waals surface area contributed by atoms with E-state index in [1.165, 1.54) is 10.6 Å². The summed E-state index contributed by atoms with van der Waals surface area (Å²) in [6.07, 6.45) is -1.67. The lowest BCUT2D eigenvalue weighted by atomic mass is 10.1. The first kappa shape index (κ1) is 21.2. The number of pyridine rings is 2. The highest BCUT2D eigenvalue weighted by molar-refractivity contribution is 5.95. The lowest BCUT2D eigenvalue weighted by Gasteiger charge is -2.15. The number of rotatable bonds is 6. The van der Waals surface area contributed by atoms with E-state index in [-0.39, 0.29) is 17.8 Å². The van der Waals surface area contributed by atoms with Gasteiger partial charge < -0.3 is 14.9 Å². The summed E-state index contributed by atoms with van der Waals surface area (Å²) >= 11 is 0. The first-order chi connectivity index (χ1) is 15.4. The lowest BCUT2D eigenvalue weighted by molar-refractivity contribution is -0.137. The Balaban J connectivity index is 1.63. The Morgan fingerprint density at radius 1 is 1.16 bits per heavy atom. The van der Waals surface area contributed by atoms with Crippen molar-refractivity contribution in [2.24, 2.45) is 0 Å². The van der Waals surface area contributed by atoms with E-state index in [1.54, 1.807) is 48.7 Å². The molecule has 0 amide bonds. The Labute approximate surface area is 181 Å². The topological polar surface area (TPSA) is 86.5 Å². The van der Waals surface area contributed by atoms with Gasteiger partial charge in [-0.25, -0.2) is 4.98 Å². The van der Waals surface area contributed by atoms with Crippen molar-refractivity contribution < 1.29 is 13.2 Å². The van der Waals surface area contributed by atoms with Gasteiger partial charge in [0.2, 0.25) is 5.56 Å². The molecule has 0 aliphatic heterocycles. The Bertz CT molecular complexity index is 1350.